The van der Waals surface area contributed by atoms with Gasteiger partial charge in [0, 0.05) is 24.7 Å². The third-order valence-corrected chi connectivity index (χ3v) is 7.19. The number of anilines is 1. The monoisotopic (exact) mass is 439 g/mol. The van der Waals surface area contributed by atoms with Gasteiger partial charge < -0.3 is 10.1 Å². The van der Waals surface area contributed by atoms with Gasteiger partial charge in [0.1, 0.15) is 5.82 Å². The number of sulfonamides is 1. The molecule has 1 aliphatic heterocycles. The molecule has 158 valence electrons. The van der Waals surface area contributed by atoms with E-state index in [4.69, 9.17) is 4.74 Å². The van der Waals surface area contributed by atoms with E-state index in [0.29, 0.717) is 37.1 Å². The predicted molar refractivity (Wildman–Crippen MR) is 111 cm³/mol. The molecule has 0 bridgehead atoms. The summed E-state index contributed by atoms with van der Waals surface area (Å²) in [5, 5.41) is 10.2. The third kappa shape index (κ3) is 5.35. The van der Waals surface area contributed by atoms with Crippen LogP contribution >= 0.6 is 11.8 Å². The number of thioether (sulfide) groups is 1. The van der Waals surface area contributed by atoms with Crippen molar-refractivity contribution < 1.29 is 17.9 Å². The van der Waals surface area contributed by atoms with Gasteiger partial charge in [0.25, 0.3) is 0 Å². The summed E-state index contributed by atoms with van der Waals surface area (Å²) in [6.07, 6.45) is 0. The molecule has 2 heterocycles. The largest absolute Gasteiger partial charge is 0.379 e. The first-order valence-corrected chi connectivity index (χ1v) is 11.7. The van der Waals surface area contributed by atoms with Gasteiger partial charge in [-0.2, -0.15) is 4.31 Å². The highest BCUT2D eigenvalue weighted by atomic mass is 32.2. The molecule has 0 unspecified atom stereocenters. The standard InChI is InChI=1S/C18H25N5O4S2/c1-12(2)17-20-18(22-21-17)28-11-16(24)19-15-10-14(5-4-13(15)3)29(25,26)23-6-8-27-9-7-23/h4-5,10,12H,6-9,11H2,1-3H3,(H,19,24)(H,20,21,22). The number of aromatic nitrogens is 3. The number of benzene rings is 1. The Kier molecular flexibility index (Phi) is 6.93. The molecule has 2 aromatic rings. The number of carbonyl (C=O) groups is 1. The van der Waals surface area contributed by atoms with Crippen LogP contribution in [0.2, 0.25) is 0 Å². The Labute approximate surface area is 174 Å². The summed E-state index contributed by atoms with van der Waals surface area (Å²) in [6, 6.07) is 4.76. The lowest BCUT2D eigenvalue weighted by molar-refractivity contribution is -0.113. The number of nitrogens with one attached hydrogen (secondary N) is 2. The average molecular weight is 440 g/mol. The second-order valence-electron chi connectivity index (χ2n) is 6.99. The molecule has 1 aromatic carbocycles. The van der Waals surface area contributed by atoms with Crippen LogP contribution in [0.3, 0.4) is 0 Å². The van der Waals surface area contributed by atoms with Crippen molar-refractivity contribution in [2.24, 2.45) is 0 Å². The van der Waals surface area contributed by atoms with Gasteiger partial charge in [-0.1, -0.05) is 31.7 Å². The Morgan fingerprint density at radius 3 is 2.72 bits per heavy atom. The Morgan fingerprint density at radius 2 is 2.07 bits per heavy atom. The van der Waals surface area contributed by atoms with E-state index in [1.54, 1.807) is 12.1 Å². The maximum atomic E-state index is 12.8. The molecule has 2 N–H and O–H groups in total. The lowest BCUT2D eigenvalue weighted by Gasteiger charge is -2.26. The fourth-order valence-corrected chi connectivity index (χ4v) is 4.77. The molecule has 11 heteroatoms. The van der Waals surface area contributed by atoms with Crippen molar-refractivity contribution in [2.75, 3.05) is 37.4 Å². The van der Waals surface area contributed by atoms with E-state index >= 15 is 0 Å². The Balaban J connectivity index is 1.66. The number of hydrogen-bond acceptors (Lipinski definition) is 7. The van der Waals surface area contributed by atoms with Crippen molar-refractivity contribution in [3.8, 4) is 0 Å². The highest BCUT2D eigenvalue weighted by Crippen LogP contribution is 2.24. The summed E-state index contributed by atoms with van der Waals surface area (Å²) in [5.74, 6) is 0.860. The molecule has 9 nitrogen and oxygen atoms in total. The zero-order valence-electron chi connectivity index (χ0n) is 16.6. The molecule has 1 saturated heterocycles. The topological polar surface area (TPSA) is 117 Å². The van der Waals surface area contributed by atoms with Gasteiger partial charge in [0.05, 0.1) is 23.9 Å². The van der Waals surface area contributed by atoms with E-state index in [1.807, 2.05) is 20.8 Å². The van der Waals surface area contributed by atoms with E-state index in [-0.39, 0.29) is 22.5 Å². The number of rotatable bonds is 7. The third-order valence-electron chi connectivity index (χ3n) is 4.45. The number of morpholine rings is 1. The number of hydrogen-bond donors (Lipinski definition) is 2. The first kappa shape index (κ1) is 21.8. The smallest absolute Gasteiger partial charge is 0.243 e. The van der Waals surface area contributed by atoms with E-state index in [2.05, 4.69) is 20.5 Å². The van der Waals surface area contributed by atoms with Gasteiger partial charge in [-0.25, -0.2) is 13.4 Å². The predicted octanol–water partition coefficient (Wildman–Crippen LogP) is 1.99. The number of nitrogens with zero attached hydrogens (tertiary/aromatic N) is 3. The summed E-state index contributed by atoms with van der Waals surface area (Å²) >= 11 is 1.22. The number of ether oxygens (including phenoxy) is 1. The molecule has 0 saturated carbocycles. The maximum Gasteiger partial charge on any atom is 0.243 e. The van der Waals surface area contributed by atoms with Crippen molar-refractivity contribution in [1.82, 2.24) is 19.5 Å². The summed E-state index contributed by atoms with van der Waals surface area (Å²) in [4.78, 5) is 16.8. The summed E-state index contributed by atoms with van der Waals surface area (Å²) in [6.45, 7) is 7.23. The molecular formula is C18H25N5O4S2. The van der Waals surface area contributed by atoms with Crippen molar-refractivity contribution >= 4 is 33.4 Å². The van der Waals surface area contributed by atoms with Gasteiger partial charge in [-0.15, -0.1) is 5.10 Å². The molecule has 1 aromatic heterocycles. The highest BCUT2D eigenvalue weighted by Gasteiger charge is 2.27. The Hall–Kier alpha value is -1.95. The van der Waals surface area contributed by atoms with Gasteiger partial charge in [0.15, 0.2) is 0 Å². The number of aryl methyl sites for hydroxylation is 1. The van der Waals surface area contributed by atoms with Crippen LogP contribution in [0.5, 0.6) is 0 Å². The highest BCUT2D eigenvalue weighted by molar-refractivity contribution is 7.99. The first-order valence-electron chi connectivity index (χ1n) is 9.31. The van der Waals surface area contributed by atoms with Crippen LogP contribution in [-0.2, 0) is 19.6 Å². The van der Waals surface area contributed by atoms with Crippen LogP contribution in [-0.4, -0.2) is 65.9 Å². The van der Waals surface area contributed by atoms with Crippen LogP contribution in [0.25, 0.3) is 0 Å². The normalized spacial score (nSPS) is 15.6. The number of aromatic amines is 1. The minimum absolute atomic E-state index is 0.120. The lowest BCUT2D eigenvalue weighted by Crippen LogP contribution is -2.40. The summed E-state index contributed by atoms with van der Waals surface area (Å²) in [5.41, 5.74) is 1.26. The minimum atomic E-state index is -3.63. The van der Waals surface area contributed by atoms with Crippen LogP contribution in [0.4, 0.5) is 5.69 Å². The van der Waals surface area contributed by atoms with Crippen LogP contribution in [0.15, 0.2) is 28.3 Å². The summed E-state index contributed by atoms with van der Waals surface area (Å²) < 4.78 is 32.3. The zero-order chi connectivity index (χ0) is 21.0. The average Bonchev–Trinajstić information content (AvgIpc) is 3.18. The lowest BCUT2D eigenvalue weighted by atomic mass is 10.2. The minimum Gasteiger partial charge on any atom is -0.379 e. The Morgan fingerprint density at radius 1 is 1.34 bits per heavy atom. The molecule has 1 fully saturated rings. The van der Waals surface area contributed by atoms with Gasteiger partial charge in [0.2, 0.25) is 21.1 Å². The quantitative estimate of drug-likeness (QED) is 0.634. The van der Waals surface area contributed by atoms with E-state index in [1.165, 1.54) is 22.1 Å². The van der Waals surface area contributed by atoms with Gasteiger partial charge in [-0.05, 0) is 24.6 Å². The SMILES string of the molecule is Cc1ccc(S(=O)(=O)N2CCOCC2)cc1NC(=O)CSc1n[nH]c(C(C)C)n1. The molecule has 3 rings (SSSR count). The van der Waals surface area contributed by atoms with E-state index < -0.39 is 10.0 Å². The second kappa shape index (κ2) is 9.24. The number of H-pyrrole nitrogens is 1. The maximum absolute atomic E-state index is 12.8. The summed E-state index contributed by atoms with van der Waals surface area (Å²) in [7, 11) is -3.63. The fraction of sp³-hybridized carbons (Fsp3) is 0.500. The molecule has 0 atom stereocenters. The van der Waals surface area contributed by atoms with E-state index in [0.717, 1.165) is 11.4 Å². The molecule has 1 amide bonds. The van der Waals surface area contributed by atoms with Gasteiger partial charge in [-0.3, -0.25) is 9.89 Å². The molecule has 0 radical (unpaired) electrons. The molecule has 29 heavy (non-hydrogen) atoms. The van der Waals surface area contributed by atoms with Crippen molar-refractivity contribution in [3.63, 3.8) is 0 Å². The van der Waals surface area contributed by atoms with Crippen molar-refractivity contribution in [3.05, 3.63) is 29.6 Å². The molecular weight excluding hydrogens is 414 g/mol. The second-order valence-corrected chi connectivity index (χ2v) is 9.87. The first-order chi connectivity index (χ1) is 13.8. The van der Waals surface area contributed by atoms with Crippen LogP contribution < -0.4 is 5.32 Å². The Bertz CT molecular complexity index is 968. The number of amides is 1. The molecule has 1 aliphatic rings. The van der Waals surface area contributed by atoms with E-state index in [9.17, 15) is 13.2 Å². The van der Waals surface area contributed by atoms with Gasteiger partial charge >= 0.3 is 0 Å². The van der Waals surface area contributed by atoms with Crippen molar-refractivity contribution in [1.29, 1.82) is 0 Å². The van der Waals surface area contributed by atoms with Crippen LogP contribution in [0.1, 0.15) is 31.2 Å². The fourth-order valence-electron chi connectivity index (χ4n) is 2.73. The van der Waals surface area contributed by atoms with Crippen molar-refractivity contribution in [2.45, 2.75) is 36.7 Å². The zero-order valence-corrected chi connectivity index (χ0v) is 18.3. The number of carbonyl (C=O) groups excluding carboxylic acids is 1. The molecule has 0 aliphatic carbocycles. The van der Waals surface area contributed by atoms with Crippen LogP contribution in [0, 0.1) is 6.92 Å². The molecule has 0 spiro atoms.